The third-order valence-electron chi connectivity index (χ3n) is 3.39. The molecule has 2 aromatic heterocycles. The molecule has 0 spiro atoms. The highest BCUT2D eigenvalue weighted by molar-refractivity contribution is 7.89. The number of pyridine rings is 1. The summed E-state index contributed by atoms with van der Waals surface area (Å²) in [5.41, 5.74) is 0.940. The van der Waals surface area contributed by atoms with E-state index < -0.39 is 10.0 Å². The molecule has 8 nitrogen and oxygen atoms in total. The second-order valence-corrected chi connectivity index (χ2v) is 6.70. The summed E-state index contributed by atoms with van der Waals surface area (Å²) in [6.07, 6.45) is 3.19. The van der Waals surface area contributed by atoms with Gasteiger partial charge < -0.3 is 9.88 Å². The topological polar surface area (TPSA) is 93.0 Å². The van der Waals surface area contributed by atoms with E-state index in [1.165, 1.54) is 4.31 Å². The second kappa shape index (κ2) is 5.51. The molecule has 0 aromatic carbocycles. The number of rotatable bonds is 4. The lowest BCUT2D eigenvalue weighted by Gasteiger charge is -2.25. The molecule has 112 valence electrons. The third-order valence-corrected chi connectivity index (χ3v) is 5.15. The Bertz CT molecular complexity index is 724. The second-order valence-electron chi connectivity index (χ2n) is 4.81. The van der Waals surface area contributed by atoms with Gasteiger partial charge >= 0.3 is 0 Å². The van der Waals surface area contributed by atoms with Crippen molar-refractivity contribution in [3.63, 3.8) is 0 Å². The molecule has 9 heteroatoms. The van der Waals surface area contributed by atoms with Gasteiger partial charge in [0.2, 0.25) is 0 Å². The fourth-order valence-electron chi connectivity index (χ4n) is 2.25. The summed E-state index contributed by atoms with van der Waals surface area (Å²) in [4.78, 5) is 4.08. The van der Waals surface area contributed by atoms with Gasteiger partial charge in [0.05, 0.1) is 6.54 Å². The van der Waals surface area contributed by atoms with E-state index >= 15 is 0 Å². The Morgan fingerprint density at radius 1 is 1.33 bits per heavy atom. The predicted molar refractivity (Wildman–Crippen MR) is 74.6 cm³/mol. The molecule has 0 amide bonds. The summed E-state index contributed by atoms with van der Waals surface area (Å²) in [5.74, 6) is 0.650. The van der Waals surface area contributed by atoms with Gasteiger partial charge in [0, 0.05) is 25.8 Å². The van der Waals surface area contributed by atoms with Crippen molar-refractivity contribution in [3.05, 3.63) is 36.0 Å². The van der Waals surface area contributed by atoms with Crippen LogP contribution in [0.1, 0.15) is 11.4 Å². The number of nitrogens with one attached hydrogen (secondary N) is 1. The zero-order valence-corrected chi connectivity index (χ0v) is 12.4. The van der Waals surface area contributed by atoms with Gasteiger partial charge in [-0.15, -0.1) is 10.2 Å². The van der Waals surface area contributed by atoms with Crippen LogP contribution in [-0.4, -0.2) is 46.1 Å². The summed E-state index contributed by atoms with van der Waals surface area (Å²) in [6, 6.07) is 3.31. The standard InChI is InChI=1S/C12H16N6O2S/c1-13-6-10-2-3-12(14-7-10)21(19,20)18-5-4-17-9-15-16-11(17)8-18/h2-3,7,9,13H,4-6,8H2,1H3. The van der Waals surface area contributed by atoms with Crippen LogP contribution in [0.2, 0.25) is 0 Å². The molecular formula is C12H16N6O2S. The molecule has 3 rings (SSSR count). The van der Waals surface area contributed by atoms with Gasteiger partial charge in [-0.25, -0.2) is 13.4 Å². The summed E-state index contributed by atoms with van der Waals surface area (Å²) >= 11 is 0. The van der Waals surface area contributed by atoms with Gasteiger partial charge in [0.15, 0.2) is 5.03 Å². The average molecular weight is 308 g/mol. The van der Waals surface area contributed by atoms with Crippen LogP contribution in [0.25, 0.3) is 0 Å². The van der Waals surface area contributed by atoms with Crippen molar-refractivity contribution in [2.75, 3.05) is 13.6 Å². The number of hydrogen-bond acceptors (Lipinski definition) is 6. The fourth-order valence-corrected chi connectivity index (χ4v) is 3.55. The van der Waals surface area contributed by atoms with E-state index in [0.717, 1.165) is 5.56 Å². The highest BCUT2D eigenvalue weighted by Crippen LogP contribution is 2.19. The molecule has 1 N–H and O–H groups in total. The predicted octanol–water partition coefficient (Wildman–Crippen LogP) is -0.403. The van der Waals surface area contributed by atoms with Crippen LogP contribution in [-0.2, 0) is 29.7 Å². The molecular weight excluding hydrogens is 292 g/mol. The van der Waals surface area contributed by atoms with E-state index in [-0.39, 0.29) is 11.6 Å². The van der Waals surface area contributed by atoms with Crippen LogP contribution >= 0.6 is 0 Å². The first kappa shape index (κ1) is 14.1. The van der Waals surface area contributed by atoms with Crippen LogP contribution in [0.4, 0.5) is 0 Å². The molecule has 1 aliphatic heterocycles. The zero-order valence-electron chi connectivity index (χ0n) is 11.6. The summed E-state index contributed by atoms with van der Waals surface area (Å²) in [7, 11) is -1.77. The first-order valence-electron chi connectivity index (χ1n) is 6.57. The Hall–Kier alpha value is -1.84. The Kier molecular flexibility index (Phi) is 3.70. The molecule has 0 saturated carbocycles. The maximum atomic E-state index is 12.6. The Morgan fingerprint density at radius 2 is 2.19 bits per heavy atom. The Morgan fingerprint density at radius 3 is 2.90 bits per heavy atom. The molecule has 2 aromatic rings. The lowest BCUT2D eigenvalue weighted by molar-refractivity contribution is 0.334. The molecule has 1 aliphatic rings. The van der Waals surface area contributed by atoms with Gasteiger partial charge in [-0.2, -0.15) is 4.31 Å². The van der Waals surface area contributed by atoms with E-state index in [2.05, 4.69) is 20.5 Å². The van der Waals surface area contributed by atoms with Gasteiger partial charge in [-0.05, 0) is 18.7 Å². The quantitative estimate of drug-likeness (QED) is 0.826. The van der Waals surface area contributed by atoms with Crippen LogP contribution in [0, 0.1) is 0 Å². The van der Waals surface area contributed by atoms with E-state index in [1.54, 1.807) is 24.7 Å². The molecule has 0 bridgehead atoms. The van der Waals surface area contributed by atoms with Crippen LogP contribution in [0.15, 0.2) is 29.7 Å². The maximum absolute atomic E-state index is 12.6. The fraction of sp³-hybridized carbons (Fsp3) is 0.417. The van der Waals surface area contributed by atoms with Crippen molar-refractivity contribution in [1.82, 2.24) is 29.4 Å². The van der Waals surface area contributed by atoms with Crippen LogP contribution in [0.3, 0.4) is 0 Å². The van der Waals surface area contributed by atoms with Crippen molar-refractivity contribution in [2.45, 2.75) is 24.7 Å². The minimum Gasteiger partial charge on any atom is -0.316 e. The third kappa shape index (κ3) is 2.67. The minimum atomic E-state index is -3.59. The van der Waals surface area contributed by atoms with E-state index in [0.29, 0.717) is 25.5 Å². The molecule has 0 aliphatic carbocycles. The monoisotopic (exact) mass is 308 g/mol. The smallest absolute Gasteiger partial charge is 0.260 e. The normalized spacial score (nSPS) is 15.9. The lowest BCUT2D eigenvalue weighted by atomic mass is 10.3. The van der Waals surface area contributed by atoms with Crippen molar-refractivity contribution in [3.8, 4) is 0 Å². The molecule has 0 saturated heterocycles. The van der Waals surface area contributed by atoms with Gasteiger partial charge in [-0.3, -0.25) is 0 Å². The molecule has 0 unspecified atom stereocenters. The van der Waals surface area contributed by atoms with Crippen LogP contribution < -0.4 is 5.32 Å². The first-order valence-corrected chi connectivity index (χ1v) is 8.01. The molecule has 3 heterocycles. The van der Waals surface area contributed by atoms with Crippen molar-refractivity contribution < 1.29 is 8.42 Å². The molecule has 0 radical (unpaired) electrons. The SMILES string of the molecule is CNCc1ccc(S(=O)(=O)N2CCn3cnnc3C2)nc1. The largest absolute Gasteiger partial charge is 0.316 e. The number of aromatic nitrogens is 4. The Labute approximate surface area is 122 Å². The summed E-state index contributed by atoms with van der Waals surface area (Å²) in [5, 5.41) is 10.8. The Balaban J connectivity index is 1.84. The highest BCUT2D eigenvalue weighted by atomic mass is 32.2. The van der Waals surface area contributed by atoms with Crippen molar-refractivity contribution in [1.29, 1.82) is 0 Å². The first-order chi connectivity index (χ1) is 10.1. The van der Waals surface area contributed by atoms with E-state index in [1.807, 2.05) is 11.6 Å². The number of fused-ring (bicyclic) bond motifs is 1. The zero-order chi connectivity index (χ0) is 14.9. The van der Waals surface area contributed by atoms with Crippen LogP contribution in [0.5, 0.6) is 0 Å². The minimum absolute atomic E-state index is 0.0651. The van der Waals surface area contributed by atoms with Crippen molar-refractivity contribution in [2.24, 2.45) is 0 Å². The molecule has 21 heavy (non-hydrogen) atoms. The number of sulfonamides is 1. The summed E-state index contributed by atoms with van der Waals surface area (Å²) in [6.45, 7) is 1.83. The van der Waals surface area contributed by atoms with Gasteiger partial charge in [-0.1, -0.05) is 6.07 Å². The van der Waals surface area contributed by atoms with Gasteiger partial charge in [0.25, 0.3) is 10.0 Å². The number of nitrogens with zero attached hydrogens (tertiary/aromatic N) is 5. The maximum Gasteiger partial charge on any atom is 0.260 e. The lowest BCUT2D eigenvalue weighted by Crippen LogP contribution is -2.38. The van der Waals surface area contributed by atoms with Gasteiger partial charge in [0.1, 0.15) is 12.2 Å². The van der Waals surface area contributed by atoms with Crippen molar-refractivity contribution >= 4 is 10.0 Å². The van der Waals surface area contributed by atoms with E-state index in [4.69, 9.17) is 0 Å². The highest BCUT2D eigenvalue weighted by Gasteiger charge is 2.30. The average Bonchev–Trinajstić information content (AvgIpc) is 2.95. The number of hydrogen-bond donors (Lipinski definition) is 1. The summed E-state index contributed by atoms with van der Waals surface area (Å²) < 4.78 is 28.4. The van der Waals surface area contributed by atoms with E-state index in [9.17, 15) is 8.42 Å². The molecule has 0 atom stereocenters. The molecule has 0 fully saturated rings.